The summed E-state index contributed by atoms with van der Waals surface area (Å²) < 4.78 is 0. The summed E-state index contributed by atoms with van der Waals surface area (Å²) in [5, 5.41) is 3.57. The molecule has 1 N–H and O–H groups in total. The minimum Gasteiger partial charge on any atom is -0.316 e. The zero-order valence-corrected chi connectivity index (χ0v) is 12.3. The molecule has 0 bridgehead atoms. The molecule has 1 heterocycles. The highest BCUT2D eigenvalue weighted by Gasteiger charge is 2.22. The lowest BCUT2D eigenvalue weighted by Gasteiger charge is -2.17. The summed E-state index contributed by atoms with van der Waals surface area (Å²) in [7, 11) is 0. The highest BCUT2D eigenvalue weighted by atomic mass is 15.1. The predicted molar refractivity (Wildman–Crippen MR) is 78.9 cm³/mol. The molecule has 2 fully saturated rings. The summed E-state index contributed by atoms with van der Waals surface area (Å²) in [4.78, 5) is 2.70. The van der Waals surface area contributed by atoms with E-state index >= 15 is 0 Å². The second-order valence-electron chi connectivity index (χ2n) is 6.45. The zero-order valence-electron chi connectivity index (χ0n) is 12.3. The predicted octanol–water partition coefficient (Wildman–Crippen LogP) is 3.28. The molecule has 2 rings (SSSR count). The van der Waals surface area contributed by atoms with Gasteiger partial charge in [-0.3, -0.25) is 0 Å². The first kappa shape index (κ1) is 14.3. The molecular weight excluding hydrogens is 220 g/mol. The summed E-state index contributed by atoms with van der Waals surface area (Å²) in [6.07, 6.45) is 11.7. The zero-order chi connectivity index (χ0) is 12.6. The Balaban J connectivity index is 1.49. The van der Waals surface area contributed by atoms with Crippen LogP contribution in [0.4, 0.5) is 0 Å². The Kier molecular flexibility index (Phi) is 6.50. The van der Waals surface area contributed by atoms with Gasteiger partial charge in [-0.25, -0.2) is 0 Å². The fourth-order valence-electron chi connectivity index (χ4n) is 3.67. The van der Waals surface area contributed by atoms with Gasteiger partial charge in [0, 0.05) is 6.54 Å². The van der Waals surface area contributed by atoms with Crippen molar-refractivity contribution in [2.75, 3.05) is 32.7 Å². The molecule has 1 atom stereocenters. The normalized spacial score (nSPS) is 26.2. The van der Waals surface area contributed by atoms with Crippen molar-refractivity contribution >= 4 is 0 Å². The molecular formula is C16H32N2. The number of nitrogens with one attached hydrogen (secondary N) is 1. The van der Waals surface area contributed by atoms with Crippen molar-refractivity contribution in [3.8, 4) is 0 Å². The second kappa shape index (κ2) is 8.16. The molecule has 2 nitrogen and oxygen atoms in total. The van der Waals surface area contributed by atoms with E-state index in [0.29, 0.717) is 0 Å². The van der Waals surface area contributed by atoms with E-state index in [-0.39, 0.29) is 0 Å². The maximum Gasteiger partial charge on any atom is 0.00223 e. The SMILES string of the molecule is CCCNCC1CCN(CCCC2CCCC2)C1. The first-order valence-corrected chi connectivity index (χ1v) is 8.31. The molecule has 2 heteroatoms. The van der Waals surface area contributed by atoms with Crippen molar-refractivity contribution in [1.82, 2.24) is 10.2 Å². The summed E-state index contributed by atoms with van der Waals surface area (Å²) in [5.74, 6) is 2.00. The summed E-state index contributed by atoms with van der Waals surface area (Å²) in [6, 6.07) is 0. The molecule has 1 saturated carbocycles. The molecule has 1 aliphatic carbocycles. The topological polar surface area (TPSA) is 15.3 Å². The van der Waals surface area contributed by atoms with Crippen molar-refractivity contribution < 1.29 is 0 Å². The Morgan fingerprint density at radius 2 is 1.94 bits per heavy atom. The molecule has 0 amide bonds. The third-order valence-corrected chi connectivity index (χ3v) is 4.79. The molecule has 18 heavy (non-hydrogen) atoms. The van der Waals surface area contributed by atoms with Gasteiger partial charge in [0.25, 0.3) is 0 Å². The lowest BCUT2D eigenvalue weighted by atomic mass is 10.0. The Bertz CT molecular complexity index is 211. The van der Waals surface area contributed by atoms with Crippen molar-refractivity contribution in [1.29, 1.82) is 0 Å². The Morgan fingerprint density at radius 3 is 2.72 bits per heavy atom. The Hall–Kier alpha value is -0.0800. The molecule has 1 saturated heterocycles. The van der Waals surface area contributed by atoms with Crippen molar-refractivity contribution in [3.63, 3.8) is 0 Å². The first-order valence-electron chi connectivity index (χ1n) is 8.31. The van der Waals surface area contributed by atoms with Crippen molar-refractivity contribution in [2.45, 2.75) is 58.3 Å². The highest BCUT2D eigenvalue weighted by Crippen LogP contribution is 2.28. The third-order valence-electron chi connectivity index (χ3n) is 4.79. The first-order chi connectivity index (χ1) is 8.88. The lowest BCUT2D eigenvalue weighted by molar-refractivity contribution is 0.302. The molecule has 0 aromatic heterocycles. The molecule has 0 aromatic carbocycles. The van der Waals surface area contributed by atoms with Crippen LogP contribution in [0.15, 0.2) is 0 Å². The number of nitrogens with zero attached hydrogens (tertiary/aromatic N) is 1. The molecule has 1 unspecified atom stereocenters. The van der Waals surface area contributed by atoms with E-state index in [9.17, 15) is 0 Å². The van der Waals surface area contributed by atoms with Gasteiger partial charge >= 0.3 is 0 Å². The van der Waals surface area contributed by atoms with Crippen LogP contribution in [0.5, 0.6) is 0 Å². The van der Waals surface area contributed by atoms with E-state index in [1.165, 1.54) is 84.1 Å². The van der Waals surface area contributed by atoms with Gasteiger partial charge in [0.1, 0.15) is 0 Å². The van der Waals surface area contributed by atoms with E-state index < -0.39 is 0 Å². The van der Waals surface area contributed by atoms with Gasteiger partial charge in [-0.05, 0) is 63.7 Å². The van der Waals surface area contributed by atoms with E-state index in [1.807, 2.05) is 0 Å². The van der Waals surface area contributed by atoms with Gasteiger partial charge < -0.3 is 10.2 Å². The molecule has 0 radical (unpaired) electrons. The quantitative estimate of drug-likeness (QED) is 0.667. The van der Waals surface area contributed by atoms with Crippen LogP contribution in [0.3, 0.4) is 0 Å². The maximum absolute atomic E-state index is 3.57. The van der Waals surface area contributed by atoms with Crippen LogP contribution in [-0.2, 0) is 0 Å². The van der Waals surface area contributed by atoms with Crippen molar-refractivity contribution in [3.05, 3.63) is 0 Å². The molecule has 106 valence electrons. The smallest absolute Gasteiger partial charge is 0.00223 e. The molecule has 2 aliphatic rings. The largest absolute Gasteiger partial charge is 0.316 e. The van der Waals surface area contributed by atoms with Crippen LogP contribution in [0.1, 0.15) is 58.3 Å². The van der Waals surface area contributed by atoms with Gasteiger partial charge in [-0.2, -0.15) is 0 Å². The average Bonchev–Trinajstić information content (AvgIpc) is 3.01. The Labute approximate surface area is 114 Å². The van der Waals surface area contributed by atoms with Gasteiger partial charge in [0.2, 0.25) is 0 Å². The minimum atomic E-state index is 0.919. The van der Waals surface area contributed by atoms with E-state index in [1.54, 1.807) is 0 Å². The minimum absolute atomic E-state index is 0.919. The van der Waals surface area contributed by atoms with Gasteiger partial charge in [-0.15, -0.1) is 0 Å². The van der Waals surface area contributed by atoms with Crippen molar-refractivity contribution in [2.24, 2.45) is 11.8 Å². The standard InChI is InChI=1S/C16H32N2/c1-2-10-17-13-16-9-12-18(14-16)11-5-8-15-6-3-4-7-15/h15-17H,2-14H2,1H3. The van der Waals surface area contributed by atoms with Gasteiger partial charge in [-0.1, -0.05) is 32.6 Å². The van der Waals surface area contributed by atoms with E-state index in [2.05, 4.69) is 17.1 Å². The van der Waals surface area contributed by atoms with Gasteiger partial charge in [0.05, 0.1) is 0 Å². The lowest BCUT2D eigenvalue weighted by Crippen LogP contribution is -2.27. The monoisotopic (exact) mass is 252 g/mol. The number of likely N-dealkylation sites (tertiary alicyclic amines) is 1. The van der Waals surface area contributed by atoms with Crippen LogP contribution < -0.4 is 5.32 Å². The van der Waals surface area contributed by atoms with Gasteiger partial charge in [0.15, 0.2) is 0 Å². The van der Waals surface area contributed by atoms with Crippen LogP contribution in [-0.4, -0.2) is 37.6 Å². The fourth-order valence-corrected chi connectivity index (χ4v) is 3.67. The van der Waals surface area contributed by atoms with Crippen LogP contribution in [0.25, 0.3) is 0 Å². The number of hydrogen-bond acceptors (Lipinski definition) is 2. The summed E-state index contributed by atoms with van der Waals surface area (Å²) >= 11 is 0. The average molecular weight is 252 g/mol. The maximum atomic E-state index is 3.57. The third kappa shape index (κ3) is 4.89. The molecule has 0 spiro atoms. The number of rotatable bonds is 8. The summed E-state index contributed by atoms with van der Waals surface area (Å²) in [6.45, 7) is 8.74. The highest BCUT2D eigenvalue weighted by molar-refractivity contribution is 4.77. The van der Waals surface area contributed by atoms with E-state index in [4.69, 9.17) is 0 Å². The number of hydrogen-bond donors (Lipinski definition) is 1. The molecule has 1 aliphatic heterocycles. The molecule has 0 aromatic rings. The van der Waals surface area contributed by atoms with Crippen LogP contribution >= 0.6 is 0 Å². The Morgan fingerprint density at radius 1 is 1.11 bits per heavy atom. The van der Waals surface area contributed by atoms with E-state index in [0.717, 1.165) is 11.8 Å². The van der Waals surface area contributed by atoms with Crippen LogP contribution in [0, 0.1) is 11.8 Å². The fraction of sp³-hybridized carbons (Fsp3) is 1.00. The second-order valence-corrected chi connectivity index (χ2v) is 6.45. The summed E-state index contributed by atoms with van der Waals surface area (Å²) in [5.41, 5.74) is 0. The van der Waals surface area contributed by atoms with Crippen LogP contribution in [0.2, 0.25) is 0 Å².